The Morgan fingerprint density at radius 2 is 1.89 bits per heavy atom. The molecule has 0 spiro atoms. The maximum Gasteiger partial charge on any atom is 0.246 e. The first-order valence-electron chi connectivity index (χ1n) is 5.91. The van der Waals surface area contributed by atoms with Crippen LogP contribution in [0.15, 0.2) is 17.0 Å². The van der Waals surface area contributed by atoms with Gasteiger partial charge in [-0.1, -0.05) is 0 Å². The van der Waals surface area contributed by atoms with E-state index in [1.807, 2.05) is 6.92 Å². The van der Waals surface area contributed by atoms with Crippen LogP contribution in [0, 0.1) is 6.92 Å². The Morgan fingerprint density at radius 1 is 1.28 bits per heavy atom. The van der Waals surface area contributed by atoms with E-state index in [0.717, 1.165) is 18.4 Å². The molecule has 0 atom stereocenters. The summed E-state index contributed by atoms with van der Waals surface area (Å²) in [6, 6.07) is 3.15. The van der Waals surface area contributed by atoms with E-state index in [1.54, 1.807) is 6.07 Å². The molecule has 0 aromatic heterocycles. The first-order chi connectivity index (χ1) is 8.46. The standard InChI is InChI=1S/C12H18N2O3S/c1-9-7-11(17-2)12(8-10(9)13)18(15,16)14-5-3-4-6-14/h7-8H,3-6,13H2,1-2H3. The van der Waals surface area contributed by atoms with Crippen LogP contribution in [-0.2, 0) is 10.0 Å². The highest BCUT2D eigenvalue weighted by molar-refractivity contribution is 7.89. The van der Waals surface area contributed by atoms with Crippen LogP contribution in [0.1, 0.15) is 18.4 Å². The van der Waals surface area contributed by atoms with Crippen LogP contribution in [0.25, 0.3) is 0 Å². The van der Waals surface area contributed by atoms with Crippen molar-refractivity contribution in [1.82, 2.24) is 4.31 Å². The normalized spacial score (nSPS) is 17.0. The van der Waals surface area contributed by atoms with Gasteiger partial charge in [-0.15, -0.1) is 0 Å². The lowest BCUT2D eigenvalue weighted by atomic mass is 10.2. The molecule has 1 aromatic carbocycles. The minimum atomic E-state index is -3.49. The number of nitrogen functional groups attached to an aromatic ring is 1. The highest BCUT2D eigenvalue weighted by Crippen LogP contribution is 2.32. The number of aryl methyl sites for hydroxylation is 1. The summed E-state index contributed by atoms with van der Waals surface area (Å²) < 4.78 is 31.6. The van der Waals surface area contributed by atoms with Gasteiger partial charge in [-0.3, -0.25) is 0 Å². The fourth-order valence-corrected chi connectivity index (χ4v) is 3.80. The summed E-state index contributed by atoms with van der Waals surface area (Å²) in [5.41, 5.74) is 7.08. The number of methoxy groups -OCH3 is 1. The van der Waals surface area contributed by atoms with Gasteiger partial charge in [0.2, 0.25) is 10.0 Å². The molecule has 1 saturated heterocycles. The van der Waals surface area contributed by atoms with Gasteiger partial charge in [0.1, 0.15) is 10.6 Å². The summed E-state index contributed by atoms with van der Waals surface area (Å²) in [5.74, 6) is 0.355. The SMILES string of the molecule is COc1cc(C)c(N)cc1S(=O)(=O)N1CCCC1. The van der Waals surface area contributed by atoms with Crippen LogP contribution in [0.2, 0.25) is 0 Å². The molecular formula is C12H18N2O3S. The summed E-state index contributed by atoms with van der Waals surface area (Å²) in [4.78, 5) is 0.162. The fourth-order valence-electron chi connectivity index (χ4n) is 2.11. The van der Waals surface area contributed by atoms with Crippen LogP contribution in [0.4, 0.5) is 5.69 Å². The van der Waals surface area contributed by atoms with Crippen LogP contribution < -0.4 is 10.5 Å². The van der Waals surface area contributed by atoms with E-state index in [4.69, 9.17) is 10.5 Å². The van der Waals surface area contributed by atoms with Crippen LogP contribution in [-0.4, -0.2) is 32.9 Å². The molecule has 1 fully saturated rings. The van der Waals surface area contributed by atoms with Gasteiger partial charge in [0.25, 0.3) is 0 Å². The van der Waals surface area contributed by atoms with Crippen molar-refractivity contribution < 1.29 is 13.2 Å². The van der Waals surface area contributed by atoms with Crippen molar-refractivity contribution in [3.05, 3.63) is 17.7 Å². The predicted molar refractivity (Wildman–Crippen MR) is 70.1 cm³/mol. The number of rotatable bonds is 3. The average molecular weight is 270 g/mol. The number of benzene rings is 1. The second-order valence-corrected chi connectivity index (χ2v) is 6.38. The van der Waals surface area contributed by atoms with Gasteiger partial charge < -0.3 is 10.5 Å². The Kier molecular flexibility index (Phi) is 3.49. The second-order valence-electron chi connectivity index (χ2n) is 4.47. The van der Waals surface area contributed by atoms with Gasteiger partial charge in [-0.25, -0.2) is 8.42 Å². The monoisotopic (exact) mass is 270 g/mol. The van der Waals surface area contributed by atoms with Gasteiger partial charge in [-0.2, -0.15) is 4.31 Å². The molecule has 2 rings (SSSR count). The van der Waals surface area contributed by atoms with Gasteiger partial charge in [0.15, 0.2) is 0 Å². The Balaban J connectivity index is 2.52. The molecule has 0 radical (unpaired) electrons. The molecule has 6 heteroatoms. The molecule has 18 heavy (non-hydrogen) atoms. The van der Waals surface area contributed by atoms with Gasteiger partial charge >= 0.3 is 0 Å². The van der Waals surface area contributed by atoms with Gasteiger partial charge in [-0.05, 0) is 37.5 Å². The Labute approximate surface area is 108 Å². The quantitative estimate of drug-likeness (QED) is 0.842. The fraction of sp³-hybridized carbons (Fsp3) is 0.500. The smallest absolute Gasteiger partial charge is 0.246 e. The van der Waals surface area contributed by atoms with E-state index < -0.39 is 10.0 Å². The zero-order valence-electron chi connectivity index (χ0n) is 10.6. The molecule has 0 unspecified atom stereocenters. The van der Waals surface area contributed by atoms with E-state index >= 15 is 0 Å². The van der Waals surface area contributed by atoms with Crippen molar-refractivity contribution in [2.45, 2.75) is 24.7 Å². The Bertz CT molecular complexity index is 549. The molecular weight excluding hydrogens is 252 g/mol. The number of nitrogens with two attached hydrogens (primary N) is 1. The predicted octanol–water partition coefficient (Wildman–Crippen LogP) is 1.37. The highest BCUT2D eigenvalue weighted by atomic mass is 32.2. The molecule has 1 heterocycles. The summed E-state index contributed by atoms with van der Waals surface area (Å²) >= 11 is 0. The molecule has 1 aliphatic heterocycles. The van der Waals surface area contributed by atoms with Crippen molar-refractivity contribution in [2.24, 2.45) is 0 Å². The number of anilines is 1. The minimum absolute atomic E-state index is 0.162. The molecule has 0 saturated carbocycles. The molecule has 100 valence electrons. The third-order valence-electron chi connectivity index (χ3n) is 3.24. The van der Waals surface area contributed by atoms with Gasteiger partial charge in [0, 0.05) is 18.8 Å². The Morgan fingerprint density at radius 3 is 2.44 bits per heavy atom. The lowest BCUT2D eigenvalue weighted by Crippen LogP contribution is -2.28. The highest BCUT2D eigenvalue weighted by Gasteiger charge is 2.30. The molecule has 5 nitrogen and oxygen atoms in total. The molecule has 1 aromatic rings. The van der Waals surface area contributed by atoms with E-state index in [2.05, 4.69) is 0 Å². The zero-order valence-corrected chi connectivity index (χ0v) is 11.5. The van der Waals surface area contributed by atoms with Crippen LogP contribution in [0.3, 0.4) is 0 Å². The molecule has 0 aliphatic carbocycles. The van der Waals surface area contributed by atoms with Crippen LogP contribution in [0.5, 0.6) is 5.75 Å². The zero-order chi connectivity index (χ0) is 13.3. The van der Waals surface area contributed by atoms with E-state index in [1.165, 1.54) is 17.5 Å². The average Bonchev–Trinajstić information content (AvgIpc) is 2.86. The number of hydrogen-bond donors (Lipinski definition) is 1. The van der Waals surface area contributed by atoms with Crippen molar-refractivity contribution in [2.75, 3.05) is 25.9 Å². The molecule has 2 N–H and O–H groups in total. The Hall–Kier alpha value is -1.27. The summed E-state index contributed by atoms with van der Waals surface area (Å²) in [6.07, 6.45) is 1.81. The van der Waals surface area contributed by atoms with Crippen LogP contribution >= 0.6 is 0 Å². The van der Waals surface area contributed by atoms with Crippen molar-refractivity contribution in [3.8, 4) is 5.75 Å². The second kappa shape index (κ2) is 4.78. The summed E-state index contributed by atoms with van der Waals surface area (Å²) in [5, 5.41) is 0. The lowest BCUT2D eigenvalue weighted by Gasteiger charge is -2.18. The number of nitrogens with zero attached hydrogens (tertiary/aromatic N) is 1. The van der Waals surface area contributed by atoms with Gasteiger partial charge in [0.05, 0.1) is 7.11 Å². The number of sulfonamides is 1. The van der Waals surface area contributed by atoms with E-state index in [0.29, 0.717) is 24.5 Å². The van der Waals surface area contributed by atoms with Crippen molar-refractivity contribution in [3.63, 3.8) is 0 Å². The maximum absolute atomic E-state index is 12.5. The van der Waals surface area contributed by atoms with Crippen molar-refractivity contribution in [1.29, 1.82) is 0 Å². The third-order valence-corrected chi connectivity index (χ3v) is 5.15. The molecule has 1 aliphatic rings. The first-order valence-corrected chi connectivity index (χ1v) is 7.35. The number of ether oxygens (including phenoxy) is 1. The topological polar surface area (TPSA) is 72.6 Å². The first kappa shape index (κ1) is 13.2. The lowest BCUT2D eigenvalue weighted by molar-refractivity contribution is 0.398. The summed E-state index contributed by atoms with van der Waals surface area (Å²) in [6.45, 7) is 2.96. The molecule has 0 bridgehead atoms. The minimum Gasteiger partial charge on any atom is -0.495 e. The van der Waals surface area contributed by atoms with E-state index in [-0.39, 0.29) is 4.90 Å². The largest absolute Gasteiger partial charge is 0.495 e. The summed E-state index contributed by atoms with van der Waals surface area (Å²) in [7, 11) is -2.03. The third kappa shape index (κ3) is 2.18. The number of hydrogen-bond acceptors (Lipinski definition) is 4. The maximum atomic E-state index is 12.5. The van der Waals surface area contributed by atoms with Crippen molar-refractivity contribution >= 4 is 15.7 Å². The molecule has 0 amide bonds. The van der Waals surface area contributed by atoms with E-state index in [9.17, 15) is 8.42 Å².